The summed E-state index contributed by atoms with van der Waals surface area (Å²) in [5.41, 5.74) is 1.99. The van der Waals surface area contributed by atoms with Crippen LogP contribution in [0.25, 0.3) is 0 Å². The minimum absolute atomic E-state index is 0.103. The van der Waals surface area contributed by atoms with Gasteiger partial charge in [0.1, 0.15) is 0 Å². The third kappa shape index (κ3) is 2.30. The van der Waals surface area contributed by atoms with E-state index in [9.17, 15) is 4.79 Å². The van der Waals surface area contributed by atoms with E-state index in [0.717, 1.165) is 17.8 Å². The van der Waals surface area contributed by atoms with Crippen LogP contribution in [0.1, 0.15) is 29.0 Å². The maximum atomic E-state index is 12.6. The van der Waals surface area contributed by atoms with E-state index in [4.69, 9.17) is 4.52 Å². The Morgan fingerprint density at radius 3 is 3.00 bits per heavy atom. The Labute approximate surface area is 116 Å². The van der Waals surface area contributed by atoms with Crippen molar-refractivity contribution in [2.45, 2.75) is 26.4 Å². The zero-order valence-corrected chi connectivity index (χ0v) is 11.5. The molecular weight excluding hydrogens is 256 g/mol. The molecule has 1 aromatic heterocycles. The number of benzene rings is 1. The number of carbonyl (C=O) groups excluding carboxylic acids is 1. The number of fused-ring (bicyclic) bond motifs is 1. The summed E-state index contributed by atoms with van der Waals surface area (Å²) in [6.07, 6.45) is 0. The number of amides is 1. The van der Waals surface area contributed by atoms with Crippen molar-refractivity contribution in [3.63, 3.8) is 0 Å². The second-order valence-corrected chi connectivity index (χ2v) is 4.96. The molecule has 0 fully saturated rings. The van der Waals surface area contributed by atoms with Gasteiger partial charge in [-0.15, -0.1) is 0 Å². The summed E-state index contributed by atoms with van der Waals surface area (Å²) >= 11 is 0. The van der Waals surface area contributed by atoms with Crippen molar-refractivity contribution < 1.29 is 9.32 Å². The molecule has 2 aromatic rings. The van der Waals surface area contributed by atoms with Crippen molar-refractivity contribution in [1.82, 2.24) is 15.5 Å². The van der Waals surface area contributed by atoms with E-state index < -0.39 is 0 Å². The van der Waals surface area contributed by atoms with Crippen molar-refractivity contribution in [3.05, 3.63) is 41.5 Å². The van der Waals surface area contributed by atoms with Crippen molar-refractivity contribution >= 4 is 11.6 Å². The third-order valence-corrected chi connectivity index (χ3v) is 3.34. The molecule has 0 radical (unpaired) electrons. The molecule has 0 bridgehead atoms. The number of anilines is 1. The lowest BCUT2D eigenvalue weighted by Gasteiger charge is -2.22. The van der Waals surface area contributed by atoms with Gasteiger partial charge in [0.15, 0.2) is 0 Å². The quantitative estimate of drug-likeness (QED) is 0.852. The zero-order valence-electron chi connectivity index (χ0n) is 11.5. The van der Waals surface area contributed by atoms with Crippen LogP contribution in [0.2, 0.25) is 0 Å². The lowest BCUT2D eigenvalue weighted by Crippen LogP contribution is -2.40. The Hall–Kier alpha value is -2.21. The minimum Gasteiger partial charge on any atom is -0.339 e. The van der Waals surface area contributed by atoms with Crippen molar-refractivity contribution in [2.75, 3.05) is 11.4 Å². The molecule has 6 heteroatoms. The Bertz CT molecular complexity index is 638. The summed E-state index contributed by atoms with van der Waals surface area (Å²) in [7, 11) is 0. The van der Waals surface area contributed by atoms with Crippen LogP contribution in [0.4, 0.5) is 5.69 Å². The van der Waals surface area contributed by atoms with Gasteiger partial charge in [0.25, 0.3) is 11.7 Å². The highest BCUT2D eigenvalue weighted by molar-refractivity contribution is 6.04. The molecule has 1 atom stereocenters. The van der Waals surface area contributed by atoms with Gasteiger partial charge in [0.05, 0.1) is 0 Å². The molecule has 6 nitrogen and oxygen atoms in total. The number of rotatable bonds is 1. The number of aryl methyl sites for hydroxylation is 1. The molecule has 2 heterocycles. The molecule has 104 valence electrons. The first kappa shape index (κ1) is 12.8. The van der Waals surface area contributed by atoms with Crippen LogP contribution < -0.4 is 10.2 Å². The summed E-state index contributed by atoms with van der Waals surface area (Å²) in [5, 5.41) is 7.11. The molecule has 1 unspecified atom stereocenters. The number of para-hydroxylation sites is 1. The molecule has 3 rings (SSSR count). The van der Waals surface area contributed by atoms with Crippen LogP contribution >= 0.6 is 0 Å². The molecular formula is C14H16N4O2. The third-order valence-electron chi connectivity index (χ3n) is 3.34. The molecule has 1 aromatic carbocycles. The first-order valence-corrected chi connectivity index (χ1v) is 6.58. The number of nitrogens with zero attached hydrogens (tertiary/aromatic N) is 3. The maximum absolute atomic E-state index is 12.6. The average Bonchev–Trinajstić information content (AvgIpc) is 2.81. The van der Waals surface area contributed by atoms with Gasteiger partial charge in [-0.3, -0.25) is 4.79 Å². The SMILES string of the molecule is Cc1nc(C(=O)N2CC(C)NCc3ccccc32)no1. The van der Waals surface area contributed by atoms with Gasteiger partial charge in [0.2, 0.25) is 5.89 Å². The van der Waals surface area contributed by atoms with Gasteiger partial charge in [-0.25, -0.2) is 0 Å². The summed E-state index contributed by atoms with van der Waals surface area (Å²) in [4.78, 5) is 18.3. The van der Waals surface area contributed by atoms with Crippen molar-refractivity contribution in [2.24, 2.45) is 0 Å². The Kier molecular flexibility index (Phi) is 3.23. The highest BCUT2D eigenvalue weighted by atomic mass is 16.5. The molecule has 1 amide bonds. The van der Waals surface area contributed by atoms with Gasteiger partial charge >= 0.3 is 0 Å². The minimum atomic E-state index is -0.232. The molecule has 1 aliphatic rings. The van der Waals surface area contributed by atoms with E-state index in [2.05, 4.69) is 15.5 Å². The molecule has 0 aliphatic carbocycles. The Morgan fingerprint density at radius 1 is 1.45 bits per heavy atom. The van der Waals surface area contributed by atoms with E-state index in [1.54, 1.807) is 11.8 Å². The number of hydrogen-bond donors (Lipinski definition) is 1. The lowest BCUT2D eigenvalue weighted by molar-refractivity contribution is 0.0972. The zero-order chi connectivity index (χ0) is 14.1. The predicted molar refractivity (Wildman–Crippen MR) is 73.5 cm³/mol. The molecule has 0 saturated heterocycles. The van der Waals surface area contributed by atoms with Gasteiger partial charge in [-0.2, -0.15) is 4.98 Å². The Morgan fingerprint density at radius 2 is 2.25 bits per heavy atom. The second kappa shape index (κ2) is 5.05. The highest BCUT2D eigenvalue weighted by Gasteiger charge is 2.27. The van der Waals surface area contributed by atoms with Gasteiger partial charge in [-0.05, 0) is 18.6 Å². The fraction of sp³-hybridized carbons (Fsp3) is 0.357. The fourth-order valence-corrected chi connectivity index (χ4v) is 2.34. The summed E-state index contributed by atoms with van der Waals surface area (Å²) in [6.45, 7) is 5.04. The van der Waals surface area contributed by atoms with E-state index in [1.807, 2.05) is 31.2 Å². The van der Waals surface area contributed by atoms with Crippen LogP contribution in [0, 0.1) is 6.92 Å². The molecule has 1 N–H and O–H groups in total. The largest absolute Gasteiger partial charge is 0.339 e. The number of carbonyl (C=O) groups is 1. The van der Waals surface area contributed by atoms with Crippen LogP contribution in [-0.2, 0) is 6.54 Å². The van der Waals surface area contributed by atoms with Crippen LogP contribution in [0.15, 0.2) is 28.8 Å². The van der Waals surface area contributed by atoms with E-state index in [0.29, 0.717) is 12.4 Å². The highest BCUT2D eigenvalue weighted by Crippen LogP contribution is 2.24. The van der Waals surface area contributed by atoms with E-state index in [-0.39, 0.29) is 17.8 Å². The molecule has 0 saturated carbocycles. The topological polar surface area (TPSA) is 71.3 Å². The number of aromatic nitrogens is 2. The van der Waals surface area contributed by atoms with Gasteiger partial charge in [-0.1, -0.05) is 23.4 Å². The van der Waals surface area contributed by atoms with Crippen molar-refractivity contribution in [1.29, 1.82) is 0 Å². The fourth-order valence-electron chi connectivity index (χ4n) is 2.34. The van der Waals surface area contributed by atoms with Gasteiger partial charge in [0, 0.05) is 31.7 Å². The molecule has 1 aliphatic heterocycles. The predicted octanol–water partition coefficient (Wildman–Crippen LogP) is 1.52. The summed E-state index contributed by atoms with van der Waals surface area (Å²) < 4.78 is 4.90. The Balaban J connectivity index is 2.00. The number of hydrogen-bond acceptors (Lipinski definition) is 5. The first-order chi connectivity index (χ1) is 9.65. The standard InChI is InChI=1S/C14H16N4O2/c1-9-8-18(14(19)13-16-10(2)20-17-13)12-6-4-3-5-11(12)7-15-9/h3-6,9,15H,7-8H2,1-2H3. The normalized spacial score (nSPS) is 18.5. The second-order valence-electron chi connectivity index (χ2n) is 4.96. The van der Waals surface area contributed by atoms with Crippen LogP contribution in [0.5, 0.6) is 0 Å². The van der Waals surface area contributed by atoms with Crippen LogP contribution in [-0.4, -0.2) is 28.6 Å². The first-order valence-electron chi connectivity index (χ1n) is 6.58. The van der Waals surface area contributed by atoms with Gasteiger partial charge < -0.3 is 14.7 Å². The van der Waals surface area contributed by atoms with Crippen LogP contribution in [0.3, 0.4) is 0 Å². The maximum Gasteiger partial charge on any atom is 0.299 e. The summed E-state index contributed by atoms with van der Waals surface area (Å²) in [5.74, 6) is 0.263. The molecule has 20 heavy (non-hydrogen) atoms. The molecule has 0 spiro atoms. The van der Waals surface area contributed by atoms with E-state index >= 15 is 0 Å². The number of nitrogens with one attached hydrogen (secondary N) is 1. The van der Waals surface area contributed by atoms with E-state index in [1.165, 1.54) is 0 Å². The smallest absolute Gasteiger partial charge is 0.299 e. The monoisotopic (exact) mass is 272 g/mol. The van der Waals surface area contributed by atoms with Crippen molar-refractivity contribution in [3.8, 4) is 0 Å². The summed E-state index contributed by atoms with van der Waals surface area (Å²) in [6, 6.07) is 8.05. The lowest BCUT2D eigenvalue weighted by atomic mass is 10.1. The average molecular weight is 272 g/mol.